The highest BCUT2D eigenvalue weighted by atomic mass is 32.1. The molecule has 3 N–H and O–H groups in total. The Labute approximate surface area is 129 Å². The van der Waals surface area contributed by atoms with E-state index in [1.807, 2.05) is 19.1 Å². The third-order valence-corrected chi connectivity index (χ3v) is 4.56. The number of nitrogens with two attached hydrogens (primary N) is 1. The number of amides is 1. The van der Waals surface area contributed by atoms with Crippen molar-refractivity contribution < 1.29 is 4.79 Å². The molecule has 1 amide bonds. The minimum absolute atomic E-state index is 0.222. The van der Waals surface area contributed by atoms with Crippen LogP contribution in [0.3, 0.4) is 0 Å². The zero-order chi connectivity index (χ0) is 15.2. The molecule has 21 heavy (non-hydrogen) atoms. The van der Waals surface area contributed by atoms with Gasteiger partial charge in [-0.15, -0.1) is 11.3 Å². The van der Waals surface area contributed by atoms with Gasteiger partial charge < -0.3 is 0 Å². The van der Waals surface area contributed by atoms with Crippen LogP contribution in [-0.4, -0.2) is 17.4 Å². The average Bonchev–Trinajstić information content (AvgIpc) is 2.88. The number of carbonyl (C=O) groups excluding carboxylic acids is 1. The van der Waals surface area contributed by atoms with Crippen molar-refractivity contribution in [2.75, 3.05) is 6.54 Å². The number of benzene rings is 1. The molecule has 5 heteroatoms. The van der Waals surface area contributed by atoms with Crippen LogP contribution in [0.5, 0.6) is 0 Å². The Morgan fingerprint density at radius 3 is 2.62 bits per heavy atom. The number of rotatable bonds is 6. The number of nitrogens with zero attached hydrogens (tertiary/aromatic N) is 1. The third-order valence-electron chi connectivity index (χ3n) is 3.47. The predicted molar refractivity (Wildman–Crippen MR) is 86.9 cm³/mol. The highest BCUT2D eigenvalue weighted by molar-refractivity contribution is 7.14. The maximum absolute atomic E-state index is 11.6. The van der Waals surface area contributed by atoms with Crippen molar-refractivity contribution in [2.45, 2.75) is 26.9 Å². The SMILES string of the molecule is CCN(Cc1ccccc1)Cc1cc(C(=O)NN)sc1C. The summed E-state index contributed by atoms with van der Waals surface area (Å²) in [6.45, 7) is 6.90. The Morgan fingerprint density at radius 1 is 1.29 bits per heavy atom. The molecule has 2 rings (SSSR count). The maximum Gasteiger partial charge on any atom is 0.275 e. The number of thiophene rings is 1. The Bertz CT molecular complexity index is 595. The molecule has 1 aromatic heterocycles. The summed E-state index contributed by atoms with van der Waals surface area (Å²) in [5, 5.41) is 0. The summed E-state index contributed by atoms with van der Waals surface area (Å²) >= 11 is 1.49. The van der Waals surface area contributed by atoms with E-state index in [1.165, 1.54) is 27.3 Å². The number of hydrogen-bond acceptors (Lipinski definition) is 4. The normalized spacial score (nSPS) is 10.9. The van der Waals surface area contributed by atoms with Crippen LogP contribution in [0.15, 0.2) is 36.4 Å². The van der Waals surface area contributed by atoms with E-state index >= 15 is 0 Å². The van der Waals surface area contributed by atoms with Crippen LogP contribution in [0.4, 0.5) is 0 Å². The first-order valence-corrected chi connectivity index (χ1v) is 7.82. The minimum atomic E-state index is -0.222. The van der Waals surface area contributed by atoms with Gasteiger partial charge in [0.1, 0.15) is 0 Å². The van der Waals surface area contributed by atoms with Gasteiger partial charge in [-0.25, -0.2) is 5.84 Å². The zero-order valence-electron chi connectivity index (χ0n) is 12.4. The minimum Gasteiger partial charge on any atom is -0.295 e. The Hall–Kier alpha value is -1.69. The number of aryl methyl sites for hydroxylation is 1. The van der Waals surface area contributed by atoms with Gasteiger partial charge in [0.15, 0.2) is 0 Å². The van der Waals surface area contributed by atoms with Gasteiger partial charge in [-0.3, -0.25) is 15.1 Å². The van der Waals surface area contributed by atoms with Crippen LogP contribution in [0.2, 0.25) is 0 Å². The summed E-state index contributed by atoms with van der Waals surface area (Å²) < 4.78 is 0. The number of carbonyl (C=O) groups is 1. The first-order chi connectivity index (χ1) is 10.1. The second-order valence-electron chi connectivity index (χ2n) is 4.95. The van der Waals surface area contributed by atoms with Gasteiger partial charge in [-0.05, 0) is 30.7 Å². The average molecular weight is 303 g/mol. The molecule has 0 aliphatic heterocycles. The third kappa shape index (κ3) is 4.14. The molecule has 0 fully saturated rings. The van der Waals surface area contributed by atoms with E-state index in [1.54, 1.807) is 0 Å². The topological polar surface area (TPSA) is 58.4 Å². The summed E-state index contributed by atoms with van der Waals surface area (Å²) in [4.78, 5) is 15.8. The molecule has 0 unspecified atom stereocenters. The Balaban J connectivity index is 2.08. The largest absolute Gasteiger partial charge is 0.295 e. The summed E-state index contributed by atoms with van der Waals surface area (Å²) in [5.74, 6) is 4.97. The molecule has 0 aliphatic rings. The molecule has 0 bridgehead atoms. The lowest BCUT2D eigenvalue weighted by Crippen LogP contribution is -2.29. The highest BCUT2D eigenvalue weighted by Gasteiger charge is 2.13. The first kappa shape index (κ1) is 15.7. The molecule has 0 saturated carbocycles. The predicted octanol–water partition coefficient (Wildman–Crippen LogP) is 2.68. The molecule has 0 aliphatic carbocycles. The van der Waals surface area contributed by atoms with Crippen LogP contribution in [0.25, 0.3) is 0 Å². The van der Waals surface area contributed by atoms with E-state index in [2.05, 4.69) is 41.5 Å². The van der Waals surface area contributed by atoms with Gasteiger partial charge in [0.05, 0.1) is 4.88 Å². The molecule has 1 aromatic carbocycles. The van der Waals surface area contributed by atoms with Crippen molar-refractivity contribution in [1.82, 2.24) is 10.3 Å². The molecule has 1 heterocycles. The van der Waals surface area contributed by atoms with Gasteiger partial charge >= 0.3 is 0 Å². The van der Waals surface area contributed by atoms with E-state index in [4.69, 9.17) is 5.84 Å². The van der Waals surface area contributed by atoms with Crippen molar-refractivity contribution >= 4 is 17.2 Å². The molecule has 112 valence electrons. The van der Waals surface area contributed by atoms with E-state index in [0.717, 1.165) is 19.6 Å². The lowest BCUT2D eigenvalue weighted by atomic mass is 10.2. The quantitative estimate of drug-likeness (QED) is 0.490. The fourth-order valence-electron chi connectivity index (χ4n) is 2.22. The fourth-order valence-corrected chi connectivity index (χ4v) is 3.16. The number of nitrogens with one attached hydrogen (secondary N) is 1. The van der Waals surface area contributed by atoms with Crippen molar-refractivity contribution in [2.24, 2.45) is 5.84 Å². The summed E-state index contributed by atoms with van der Waals surface area (Å²) in [6.07, 6.45) is 0. The van der Waals surface area contributed by atoms with Crippen LogP contribution >= 0.6 is 11.3 Å². The second kappa shape index (κ2) is 7.36. The number of hydrogen-bond donors (Lipinski definition) is 2. The van der Waals surface area contributed by atoms with Crippen LogP contribution in [-0.2, 0) is 13.1 Å². The van der Waals surface area contributed by atoms with Gasteiger partial charge in [0.25, 0.3) is 5.91 Å². The van der Waals surface area contributed by atoms with Crippen molar-refractivity contribution in [1.29, 1.82) is 0 Å². The van der Waals surface area contributed by atoms with Crippen LogP contribution in [0.1, 0.15) is 32.6 Å². The molecular weight excluding hydrogens is 282 g/mol. The lowest BCUT2D eigenvalue weighted by molar-refractivity contribution is 0.0957. The van der Waals surface area contributed by atoms with E-state index in [-0.39, 0.29) is 5.91 Å². The van der Waals surface area contributed by atoms with Crippen molar-refractivity contribution in [3.8, 4) is 0 Å². The van der Waals surface area contributed by atoms with Gasteiger partial charge in [0.2, 0.25) is 0 Å². The molecule has 4 nitrogen and oxygen atoms in total. The summed E-state index contributed by atoms with van der Waals surface area (Å²) in [6, 6.07) is 12.4. The zero-order valence-corrected chi connectivity index (χ0v) is 13.2. The Kier molecular flexibility index (Phi) is 5.50. The molecular formula is C16H21N3OS. The molecule has 2 aromatic rings. The van der Waals surface area contributed by atoms with E-state index in [9.17, 15) is 4.79 Å². The van der Waals surface area contributed by atoms with Crippen molar-refractivity contribution in [3.05, 3.63) is 57.3 Å². The Morgan fingerprint density at radius 2 is 2.00 bits per heavy atom. The summed E-state index contributed by atoms with van der Waals surface area (Å²) in [5.41, 5.74) is 4.68. The van der Waals surface area contributed by atoms with E-state index in [0.29, 0.717) is 4.88 Å². The standard InChI is InChI=1S/C16H21N3OS/c1-3-19(10-13-7-5-4-6-8-13)11-14-9-15(16(20)18-17)21-12(14)2/h4-9H,3,10-11,17H2,1-2H3,(H,18,20). The van der Waals surface area contributed by atoms with E-state index < -0.39 is 0 Å². The fraction of sp³-hybridized carbons (Fsp3) is 0.312. The van der Waals surface area contributed by atoms with Crippen LogP contribution < -0.4 is 11.3 Å². The number of hydrazine groups is 1. The number of nitrogen functional groups attached to an aromatic ring is 1. The molecule has 0 saturated heterocycles. The molecule has 0 radical (unpaired) electrons. The molecule has 0 atom stereocenters. The van der Waals surface area contributed by atoms with Gasteiger partial charge in [-0.1, -0.05) is 37.3 Å². The van der Waals surface area contributed by atoms with Crippen molar-refractivity contribution in [3.63, 3.8) is 0 Å². The second-order valence-corrected chi connectivity index (χ2v) is 6.21. The monoisotopic (exact) mass is 303 g/mol. The first-order valence-electron chi connectivity index (χ1n) is 7.00. The summed E-state index contributed by atoms with van der Waals surface area (Å²) in [7, 11) is 0. The molecule has 0 spiro atoms. The van der Waals surface area contributed by atoms with Gasteiger partial charge in [0, 0.05) is 18.0 Å². The smallest absolute Gasteiger partial charge is 0.275 e. The van der Waals surface area contributed by atoms with Gasteiger partial charge in [-0.2, -0.15) is 0 Å². The maximum atomic E-state index is 11.6. The lowest BCUT2D eigenvalue weighted by Gasteiger charge is -2.20. The highest BCUT2D eigenvalue weighted by Crippen LogP contribution is 2.23. The van der Waals surface area contributed by atoms with Crippen LogP contribution in [0, 0.1) is 6.92 Å².